The summed E-state index contributed by atoms with van der Waals surface area (Å²) in [5, 5.41) is 10.9. The predicted octanol–water partition coefficient (Wildman–Crippen LogP) is 6.65. The number of anilines is 1. The Bertz CT molecular complexity index is 748. The number of H-pyrrole nitrogens is 1. The highest BCUT2D eigenvalue weighted by Crippen LogP contribution is 2.29. The number of rotatable bonds is 4. The zero-order valence-electron chi connectivity index (χ0n) is 16.2. The van der Waals surface area contributed by atoms with Crippen LogP contribution in [0.5, 0.6) is 0 Å². The number of amides is 1. The van der Waals surface area contributed by atoms with E-state index in [1.54, 1.807) is 12.4 Å². The first-order chi connectivity index (χ1) is 13.6. The van der Waals surface area contributed by atoms with Crippen LogP contribution in [0.3, 0.4) is 0 Å². The SMILES string of the molecule is O=C(Nc1cn[nH]c1)C1CCCCCCC(Cc2ccc(Cl)c(Cl)c2)CCC1. The van der Waals surface area contributed by atoms with E-state index in [0.29, 0.717) is 16.0 Å². The molecular formula is C22H29Cl2N3O. The summed E-state index contributed by atoms with van der Waals surface area (Å²) in [7, 11) is 0. The van der Waals surface area contributed by atoms with Gasteiger partial charge in [0.1, 0.15) is 0 Å². The molecule has 1 aromatic heterocycles. The Balaban J connectivity index is 1.57. The highest BCUT2D eigenvalue weighted by Gasteiger charge is 2.20. The Morgan fingerprint density at radius 3 is 2.54 bits per heavy atom. The molecular weight excluding hydrogens is 393 g/mol. The zero-order valence-corrected chi connectivity index (χ0v) is 17.7. The summed E-state index contributed by atoms with van der Waals surface area (Å²) in [6.07, 6.45) is 14.6. The van der Waals surface area contributed by atoms with E-state index in [-0.39, 0.29) is 11.8 Å². The summed E-state index contributed by atoms with van der Waals surface area (Å²) in [6.45, 7) is 0. The van der Waals surface area contributed by atoms with E-state index in [9.17, 15) is 4.79 Å². The van der Waals surface area contributed by atoms with Crippen molar-refractivity contribution in [3.05, 3.63) is 46.2 Å². The lowest BCUT2D eigenvalue weighted by molar-refractivity contribution is -0.120. The van der Waals surface area contributed by atoms with Crippen LogP contribution in [0.15, 0.2) is 30.6 Å². The van der Waals surface area contributed by atoms with Crippen molar-refractivity contribution in [2.24, 2.45) is 11.8 Å². The maximum absolute atomic E-state index is 12.7. The van der Waals surface area contributed by atoms with Crippen molar-refractivity contribution in [1.29, 1.82) is 0 Å². The second-order valence-corrected chi connectivity index (χ2v) is 8.73. The van der Waals surface area contributed by atoms with Crippen LogP contribution in [0, 0.1) is 11.8 Å². The molecule has 2 atom stereocenters. The fourth-order valence-corrected chi connectivity index (χ4v) is 4.47. The summed E-state index contributed by atoms with van der Waals surface area (Å²) in [5.74, 6) is 0.841. The van der Waals surface area contributed by atoms with Crippen molar-refractivity contribution in [2.75, 3.05) is 5.32 Å². The molecule has 1 aromatic carbocycles. The Morgan fingerprint density at radius 2 is 1.79 bits per heavy atom. The lowest BCUT2D eigenvalue weighted by Crippen LogP contribution is -2.23. The minimum Gasteiger partial charge on any atom is -0.323 e. The Hall–Kier alpha value is -1.52. The molecule has 2 N–H and O–H groups in total. The number of aromatic amines is 1. The number of benzene rings is 1. The van der Waals surface area contributed by atoms with Crippen LogP contribution >= 0.6 is 23.2 Å². The van der Waals surface area contributed by atoms with Gasteiger partial charge in [-0.3, -0.25) is 9.89 Å². The molecule has 1 heterocycles. The van der Waals surface area contributed by atoms with E-state index < -0.39 is 0 Å². The Kier molecular flexibility index (Phi) is 8.23. The first-order valence-corrected chi connectivity index (χ1v) is 11.1. The Morgan fingerprint density at radius 1 is 1.04 bits per heavy atom. The lowest BCUT2D eigenvalue weighted by Gasteiger charge is -2.19. The van der Waals surface area contributed by atoms with E-state index in [1.165, 1.54) is 31.2 Å². The van der Waals surface area contributed by atoms with Crippen LogP contribution < -0.4 is 5.32 Å². The lowest BCUT2D eigenvalue weighted by atomic mass is 9.88. The molecule has 0 radical (unpaired) electrons. The second-order valence-electron chi connectivity index (χ2n) is 7.91. The van der Waals surface area contributed by atoms with E-state index in [4.69, 9.17) is 23.2 Å². The highest BCUT2D eigenvalue weighted by molar-refractivity contribution is 6.42. The molecule has 0 bridgehead atoms. The first-order valence-electron chi connectivity index (χ1n) is 10.4. The number of hydrogen-bond acceptors (Lipinski definition) is 2. The number of hydrogen-bond donors (Lipinski definition) is 2. The van der Waals surface area contributed by atoms with Gasteiger partial charge >= 0.3 is 0 Å². The molecule has 1 aliphatic carbocycles. The predicted molar refractivity (Wildman–Crippen MR) is 116 cm³/mol. The molecule has 0 spiro atoms. The average molecular weight is 422 g/mol. The molecule has 2 aromatic rings. The molecule has 0 aliphatic heterocycles. The van der Waals surface area contributed by atoms with Gasteiger partial charge in [0.05, 0.1) is 21.9 Å². The normalized spacial score (nSPS) is 21.6. The van der Waals surface area contributed by atoms with Crippen LogP contribution in [0.4, 0.5) is 5.69 Å². The van der Waals surface area contributed by atoms with Gasteiger partial charge in [0, 0.05) is 12.1 Å². The molecule has 1 aliphatic rings. The zero-order chi connectivity index (χ0) is 19.8. The molecule has 4 nitrogen and oxygen atoms in total. The molecule has 1 fully saturated rings. The topological polar surface area (TPSA) is 57.8 Å². The minimum absolute atomic E-state index is 0.0821. The van der Waals surface area contributed by atoms with Crippen LogP contribution in [-0.2, 0) is 11.2 Å². The van der Waals surface area contributed by atoms with Gasteiger partial charge in [0.2, 0.25) is 5.91 Å². The molecule has 0 saturated heterocycles. The van der Waals surface area contributed by atoms with Crippen LogP contribution in [0.25, 0.3) is 0 Å². The van der Waals surface area contributed by atoms with Crippen molar-refractivity contribution >= 4 is 34.8 Å². The summed E-state index contributed by atoms with van der Waals surface area (Å²) in [4.78, 5) is 12.7. The van der Waals surface area contributed by atoms with Crippen molar-refractivity contribution in [3.63, 3.8) is 0 Å². The van der Waals surface area contributed by atoms with Gasteiger partial charge in [-0.2, -0.15) is 5.10 Å². The molecule has 1 amide bonds. The van der Waals surface area contributed by atoms with Gasteiger partial charge < -0.3 is 5.32 Å². The smallest absolute Gasteiger partial charge is 0.227 e. The summed E-state index contributed by atoms with van der Waals surface area (Å²) in [5.41, 5.74) is 2.00. The third-order valence-corrected chi connectivity index (χ3v) is 6.46. The average Bonchev–Trinajstić information content (AvgIpc) is 3.16. The van der Waals surface area contributed by atoms with Crippen LogP contribution in [0.2, 0.25) is 10.0 Å². The van der Waals surface area contributed by atoms with Crippen LogP contribution in [0.1, 0.15) is 63.4 Å². The summed E-state index contributed by atoms with van der Waals surface area (Å²) in [6, 6.07) is 5.97. The van der Waals surface area contributed by atoms with Crippen molar-refractivity contribution < 1.29 is 4.79 Å². The number of carbonyl (C=O) groups is 1. The van der Waals surface area contributed by atoms with E-state index >= 15 is 0 Å². The summed E-state index contributed by atoms with van der Waals surface area (Å²) < 4.78 is 0. The standard InChI is InChI=1S/C22H29Cl2N3O/c23-20-11-10-17(13-21(20)24)12-16-6-3-1-2-4-8-18(9-5-7-16)22(28)27-19-14-25-26-15-19/h10-11,13-16,18H,1-9,12H2,(H,25,26)(H,27,28). The van der Waals surface area contributed by atoms with Crippen molar-refractivity contribution in [2.45, 2.75) is 64.2 Å². The Labute approximate surface area is 177 Å². The number of nitrogens with zero attached hydrogens (tertiary/aromatic N) is 1. The van der Waals surface area contributed by atoms with Gasteiger partial charge in [-0.15, -0.1) is 0 Å². The van der Waals surface area contributed by atoms with E-state index in [2.05, 4.69) is 21.6 Å². The third kappa shape index (κ3) is 6.52. The van der Waals surface area contributed by atoms with Gasteiger partial charge in [-0.05, 0) is 42.9 Å². The van der Waals surface area contributed by atoms with Gasteiger partial charge in [0.15, 0.2) is 0 Å². The third-order valence-electron chi connectivity index (χ3n) is 5.72. The highest BCUT2D eigenvalue weighted by atomic mass is 35.5. The van der Waals surface area contributed by atoms with Gasteiger partial charge in [-0.1, -0.05) is 74.2 Å². The fraction of sp³-hybridized carbons (Fsp3) is 0.545. The molecule has 152 valence electrons. The van der Waals surface area contributed by atoms with Crippen molar-refractivity contribution in [1.82, 2.24) is 10.2 Å². The molecule has 2 unspecified atom stereocenters. The number of halogens is 2. The second kappa shape index (κ2) is 10.9. The maximum atomic E-state index is 12.7. The van der Waals surface area contributed by atoms with Gasteiger partial charge in [0.25, 0.3) is 0 Å². The minimum atomic E-state index is 0.0821. The molecule has 6 heteroatoms. The van der Waals surface area contributed by atoms with Crippen molar-refractivity contribution in [3.8, 4) is 0 Å². The summed E-state index contributed by atoms with van der Waals surface area (Å²) >= 11 is 12.2. The molecule has 3 rings (SSSR count). The monoisotopic (exact) mass is 421 g/mol. The fourth-order valence-electron chi connectivity index (χ4n) is 4.15. The maximum Gasteiger partial charge on any atom is 0.227 e. The molecule has 28 heavy (non-hydrogen) atoms. The quantitative estimate of drug-likeness (QED) is 0.579. The first kappa shape index (κ1) is 21.2. The van der Waals surface area contributed by atoms with Crippen LogP contribution in [-0.4, -0.2) is 16.1 Å². The number of aromatic nitrogens is 2. The molecule has 1 saturated carbocycles. The van der Waals surface area contributed by atoms with E-state index in [0.717, 1.165) is 44.2 Å². The van der Waals surface area contributed by atoms with Gasteiger partial charge in [-0.25, -0.2) is 0 Å². The number of nitrogens with one attached hydrogen (secondary N) is 2. The van der Waals surface area contributed by atoms with E-state index in [1.807, 2.05) is 12.1 Å². The largest absolute Gasteiger partial charge is 0.323 e. The number of carbonyl (C=O) groups excluding carboxylic acids is 1.